The van der Waals surface area contributed by atoms with Gasteiger partial charge in [0.25, 0.3) is 0 Å². The number of methoxy groups -OCH3 is 1. The van der Waals surface area contributed by atoms with E-state index < -0.39 is 54.6 Å². The van der Waals surface area contributed by atoms with Crippen molar-refractivity contribution in [3.63, 3.8) is 0 Å². The lowest BCUT2D eigenvalue weighted by molar-refractivity contribution is -0.283. The van der Waals surface area contributed by atoms with E-state index in [4.69, 9.17) is 33.4 Å². The third kappa shape index (κ3) is 6.36. The Morgan fingerprint density at radius 1 is 0.909 bits per heavy atom. The number of esters is 4. The minimum atomic E-state index is -1.56. The van der Waals surface area contributed by atoms with Crippen molar-refractivity contribution in [3.8, 4) is 5.88 Å². The number of carbonyl (C=O) groups is 4. The minimum absolute atomic E-state index is 0.205. The number of piperidine rings is 1. The molecular formula is C30H40N4O10. The average Bonchev–Trinajstić information content (AvgIpc) is 3.42. The standard InChI is InChI=1S/C30H40N4O10/c1-6-34-14-10-9-13-20(34)22-21-18-11-7-8-12-19(18)28(31-27(21)33-32-22)44-30-26(42-17(4)37)24(41-16(3)36)23(40-15(2)35)25(43-30)29(38)39-5/h20,23-26,30H,6-14H2,1-5H3,(H,31,32,33)/t20?,23-,24-,25-,26+,30-/m0/s1. The molecule has 0 radical (unpaired) electrons. The van der Waals surface area contributed by atoms with Gasteiger partial charge in [-0.1, -0.05) is 13.3 Å². The molecule has 2 fully saturated rings. The van der Waals surface area contributed by atoms with Crippen molar-refractivity contribution in [2.45, 2.75) is 109 Å². The van der Waals surface area contributed by atoms with Gasteiger partial charge in [-0.05, 0) is 57.2 Å². The van der Waals surface area contributed by atoms with Gasteiger partial charge >= 0.3 is 23.9 Å². The SMILES string of the molecule is CCN1CCCCC1c1[nH]nc2nc(O[C@@H]3O[C@H](C(=O)OC)[C@@H](OC(C)=O)[C@H](OC(C)=O)[C@H]3OC(C)=O)c3c(c12)CCCC3. The van der Waals surface area contributed by atoms with Gasteiger partial charge in [0.05, 0.1) is 18.8 Å². The smallest absolute Gasteiger partial charge is 0.339 e. The molecule has 6 atom stereocenters. The van der Waals surface area contributed by atoms with Gasteiger partial charge in [0.1, 0.15) is 0 Å². The average molecular weight is 617 g/mol. The molecule has 0 spiro atoms. The Morgan fingerprint density at radius 3 is 2.23 bits per heavy atom. The summed E-state index contributed by atoms with van der Waals surface area (Å²) in [7, 11) is 1.14. The summed E-state index contributed by atoms with van der Waals surface area (Å²) in [4.78, 5) is 56.5. The number of nitrogens with one attached hydrogen (secondary N) is 1. The van der Waals surface area contributed by atoms with E-state index in [1.165, 1.54) is 0 Å². The summed E-state index contributed by atoms with van der Waals surface area (Å²) in [6.45, 7) is 7.54. The summed E-state index contributed by atoms with van der Waals surface area (Å²) in [6, 6.07) is 0.205. The van der Waals surface area contributed by atoms with E-state index >= 15 is 0 Å². The van der Waals surface area contributed by atoms with Crippen LogP contribution < -0.4 is 4.74 Å². The van der Waals surface area contributed by atoms with Gasteiger partial charge in [-0.3, -0.25) is 24.4 Å². The van der Waals surface area contributed by atoms with Crippen LogP contribution in [0, 0.1) is 0 Å². The number of pyridine rings is 1. The fraction of sp³-hybridized carbons (Fsp3) is 0.667. The van der Waals surface area contributed by atoms with E-state index in [0.29, 0.717) is 12.1 Å². The minimum Gasteiger partial charge on any atom is -0.467 e. The van der Waals surface area contributed by atoms with Crippen LogP contribution in [-0.2, 0) is 55.7 Å². The molecule has 14 heteroatoms. The Balaban J connectivity index is 1.58. The monoisotopic (exact) mass is 616 g/mol. The van der Waals surface area contributed by atoms with Crippen molar-refractivity contribution in [3.05, 3.63) is 16.8 Å². The van der Waals surface area contributed by atoms with Gasteiger partial charge in [-0.25, -0.2) is 4.79 Å². The maximum absolute atomic E-state index is 12.9. The molecule has 4 heterocycles. The molecule has 2 aromatic rings. The number of carbonyl (C=O) groups excluding carboxylic acids is 4. The summed E-state index contributed by atoms with van der Waals surface area (Å²) >= 11 is 0. The molecule has 44 heavy (non-hydrogen) atoms. The Kier molecular flexibility index (Phi) is 9.68. The molecular weight excluding hydrogens is 576 g/mol. The van der Waals surface area contributed by atoms with E-state index in [1.54, 1.807) is 0 Å². The van der Waals surface area contributed by atoms with E-state index in [0.717, 1.165) is 102 Å². The summed E-state index contributed by atoms with van der Waals surface area (Å²) in [5.41, 5.74) is 3.49. The second kappa shape index (κ2) is 13.5. The molecule has 3 aliphatic rings. The molecule has 2 aliphatic heterocycles. The third-order valence-electron chi connectivity index (χ3n) is 8.43. The van der Waals surface area contributed by atoms with Crippen LogP contribution in [0.4, 0.5) is 0 Å². The number of aromatic amines is 1. The Morgan fingerprint density at radius 2 is 1.57 bits per heavy atom. The first-order valence-electron chi connectivity index (χ1n) is 15.2. The van der Waals surface area contributed by atoms with Crippen molar-refractivity contribution in [1.82, 2.24) is 20.1 Å². The number of likely N-dealkylation sites (tertiary alicyclic amines) is 1. The first-order chi connectivity index (χ1) is 21.1. The Labute approximate surface area is 255 Å². The lowest BCUT2D eigenvalue weighted by Crippen LogP contribution is -2.64. The topological polar surface area (TPSA) is 168 Å². The summed E-state index contributed by atoms with van der Waals surface area (Å²) in [6.07, 6.45) is -0.727. The van der Waals surface area contributed by atoms with Gasteiger partial charge in [-0.2, -0.15) is 10.1 Å². The summed E-state index contributed by atoms with van der Waals surface area (Å²) in [5.74, 6) is -2.98. The second-order valence-electron chi connectivity index (χ2n) is 11.3. The van der Waals surface area contributed by atoms with Gasteiger partial charge in [0.2, 0.25) is 18.3 Å². The largest absolute Gasteiger partial charge is 0.467 e. The van der Waals surface area contributed by atoms with Crippen LogP contribution in [0.1, 0.15) is 82.7 Å². The van der Waals surface area contributed by atoms with Gasteiger partial charge in [0.15, 0.2) is 24.0 Å². The quantitative estimate of drug-likeness (QED) is 0.339. The Hall–Kier alpha value is -3.78. The summed E-state index contributed by atoms with van der Waals surface area (Å²) in [5, 5.41) is 8.84. The highest BCUT2D eigenvalue weighted by Gasteiger charge is 2.56. The summed E-state index contributed by atoms with van der Waals surface area (Å²) < 4.78 is 33.6. The van der Waals surface area contributed by atoms with Crippen LogP contribution in [0.5, 0.6) is 5.88 Å². The maximum Gasteiger partial charge on any atom is 0.339 e. The van der Waals surface area contributed by atoms with Crippen LogP contribution in [-0.4, -0.2) is 94.9 Å². The predicted octanol–water partition coefficient (Wildman–Crippen LogP) is 2.46. The molecule has 0 amide bonds. The molecule has 0 saturated carbocycles. The van der Waals surface area contributed by atoms with Crippen LogP contribution in [0.25, 0.3) is 11.0 Å². The lowest BCUT2D eigenvalue weighted by Gasteiger charge is -2.43. The molecule has 2 saturated heterocycles. The number of ether oxygens (including phenoxy) is 6. The fourth-order valence-electron chi connectivity index (χ4n) is 6.62. The van der Waals surface area contributed by atoms with E-state index in [-0.39, 0.29) is 11.9 Å². The van der Waals surface area contributed by atoms with Crippen molar-refractivity contribution in [2.75, 3.05) is 20.2 Å². The number of H-pyrrole nitrogens is 1. The van der Waals surface area contributed by atoms with Crippen molar-refractivity contribution >= 4 is 34.9 Å². The van der Waals surface area contributed by atoms with E-state index in [1.807, 2.05) is 0 Å². The highest BCUT2D eigenvalue weighted by atomic mass is 16.7. The first-order valence-corrected chi connectivity index (χ1v) is 15.2. The fourth-order valence-corrected chi connectivity index (χ4v) is 6.62. The van der Waals surface area contributed by atoms with E-state index in [2.05, 4.69) is 22.0 Å². The van der Waals surface area contributed by atoms with Crippen molar-refractivity contribution < 1.29 is 47.6 Å². The zero-order valence-electron chi connectivity index (χ0n) is 25.8. The van der Waals surface area contributed by atoms with Crippen LogP contribution in [0.15, 0.2) is 0 Å². The number of aryl methyl sites for hydroxylation is 1. The van der Waals surface area contributed by atoms with E-state index in [9.17, 15) is 19.2 Å². The molecule has 14 nitrogen and oxygen atoms in total. The van der Waals surface area contributed by atoms with Crippen LogP contribution in [0.3, 0.4) is 0 Å². The second-order valence-corrected chi connectivity index (χ2v) is 11.3. The van der Waals surface area contributed by atoms with Gasteiger partial charge in [0, 0.05) is 31.7 Å². The normalized spacial score (nSPS) is 27.2. The first kappa shape index (κ1) is 31.6. The molecule has 5 rings (SSSR count). The molecule has 1 unspecified atom stereocenters. The van der Waals surface area contributed by atoms with Crippen LogP contribution in [0.2, 0.25) is 0 Å². The number of fused-ring (bicyclic) bond motifs is 3. The molecule has 2 aromatic heterocycles. The van der Waals surface area contributed by atoms with Gasteiger partial charge in [-0.15, -0.1) is 0 Å². The molecule has 1 aliphatic carbocycles. The third-order valence-corrected chi connectivity index (χ3v) is 8.43. The molecule has 1 N–H and O–H groups in total. The zero-order chi connectivity index (χ0) is 31.5. The lowest BCUT2D eigenvalue weighted by atomic mass is 9.88. The predicted molar refractivity (Wildman–Crippen MR) is 152 cm³/mol. The number of nitrogens with zero attached hydrogens (tertiary/aromatic N) is 3. The van der Waals surface area contributed by atoms with Crippen molar-refractivity contribution in [1.29, 1.82) is 0 Å². The van der Waals surface area contributed by atoms with Gasteiger partial charge < -0.3 is 28.4 Å². The number of aromatic nitrogens is 3. The highest BCUT2D eigenvalue weighted by Crippen LogP contribution is 2.41. The molecule has 0 aromatic carbocycles. The molecule has 240 valence electrons. The zero-order valence-corrected chi connectivity index (χ0v) is 25.8. The van der Waals surface area contributed by atoms with Crippen molar-refractivity contribution in [2.24, 2.45) is 0 Å². The highest BCUT2D eigenvalue weighted by molar-refractivity contribution is 5.85. The number of rotatable bonds is 8. The Bertz CT molecular complexity index is 1410. The van der Waals surface area contributed by atoms with Crippen LogP contribution >= 0.6 is 0 Å². The molecule has 0 bridgehead atoms. The maximum atomic E-state index is 12.9. The number of hydrogen-bond acceptors (Lipinski definition) is 13. The number of hydrogen-bond donors (Lipinski definition) is 1.